The standard InChI is InChI=1S/C12H16N2O3/c1-2-9-8-14(6-7-17-9)12(16)11-10(15)4-3-5-13-11/h3-5,9,15H,2,6-8H2,1H3. The van der Waals surface area contributed by atoms with Gasteiger partial charge in [-0.15, -0.1) is 0 Å². The van der Waals surface area contributed by atoms with Crippen molar-refractivity contribution in [1.82, 2.24) is 9.88 Å². The molecule has 2 heterocycles. The van der Waals surface area contributed by atoms with Gasteiger partial charge in [-0.2, -0.15) is 0 Å². The lowest BCUT2D eigenvalue weighted by Gasteiger charge is -2.32. The third kappa shape index (κ3) is 2.55. The molecule has 1 fully saturated rings. The van der Waals surface area contributed by atoms with Gasteiger partial charge in [-0.25, -0.2) is 4.98 Å². The normalized spacial score (nSPS) is 20.3. The lowest BCUT2D eigenvalue weighted by Crippen LogP contribution is -2.45. The first-order chi connectivity index (χ1) is 8.22. The maximum atomic E-state index is 12.1. The van der Waals surface area contributed by atoms with Crippen LogP contribution in [0, 0.1) is 0 Å². The topological polar surface area (TPSA) is 62.7 Å². The first-order valence-corrected chi connectivity index (χ1v) is 5.77. The third-order valence-electron chi connectivity index (χ3n) is 2.87. The Labute approximate surface area is 100 Å². The number of rotatable bonds is 2. The van der Waals surface area contributed by atoms with Gasteiger partial charge in [0.05, 0.1) is 12.7 Å². The van der Waals surface area contributed by atoms with Crippen molar-refractivity contribution in [3.63, 3.8) is 0 Å². The minimum atomic E-state index is -0.232. The molecule has 0 spiro atoms. The van der Waals surface area contributed by atoms with Crippen LogP contribution in [0.4, 0.5) is 0 Å². The van der Waals surface area contributed by atoms with E-state index in [4.69, 9.17) is 4.74 Å². The van der Waals surface area contributed by atoms with Crippen LogP contribution >= 0.6 is 0 Å². The van der Waals surface area contributed by atoms with E-state index in [2.05, 4.69) is 4.98 Å². The molecule has 5 nitrogen and oxygen atoms in total. The van der Waals surface area contributed by atoms with Gasteiger partial charge in [0.15, 0.2) is 5.69 Å². The van der Waals surface area contributed by atoms with Crippen molar-refractivity contribution in [3.8, 4) is 5.75 Å². The first kappa shape index (κ1) is 11.9. The van der Waals surface area contributed by atoms with Crippen molar-refractivity contribution >= 4 is 5.91 Å². The fourth-order valence-electron chi connectivity index (χ4n) is 1.86. The van der Waals surface area contributed by atoms with Gasteiger partial charge in [-0.3, -0.25) is 4.79 Å². The summed E-state index contributed by atoms with van der Waals surface area (Å²) in [5.74, 6) is -0.304. The number of aromatic nitrogens is 1. The number of carbonyl (C=O) groups excluding carboxylic acids is 1. The maximum absolute atomic E-state index is 12.1. The van der Waals surface area contributed by atoms with Crippen LogP contribution in [0.1, 0.15) is 23.8 Å². The molecule has 1 unspecified atom stereocenters. The fourth-order valence-corrected chi connectivity index (χ4v) is 1.86. The van der Waals surface area contributed by atoms with E-state index in [1.807, 2.05) is 6.92 Å². The van der Waals surface area contributed by atoms with E-state index in [9.17, 15) is 9.90 Å². The summed E-state index contributed by atoms with van der Waals surface area (Å²) >= 11 is 0. The Balaban J connectivity index is 2.12. The zero-order valence-electron chi connectivity index (χ0n) is 9.80. The van der Waals surface area contributed by atoms with Gasteiger partial charge >= 0.3 is 0 Å². The Morgan fingerprint density at radius 1 is 1.71 bits per heavy atom. The second-order valence-electron chi connectivity index (χ2n) is 4.02. The highest BCUT2D eigenvalue weighted by molar-refractivity contribution is 5.94. The molecule has 1 aromatic rings. The largest absolute Gasteiger partial charge is 0.505 e. The zero-order chi connectivity index (χ0) is 12.3. The molecule has 0 aliphatic carbocycles. The van der Waals surface area contributed by atoms with E-state index in [0.29, 0.717) is 19.7 Å². The minimum absolute atomic E-state index is 0.0722. The van der Waals surface area contributed by atoms with Crippen LogP contribution in [0.2, 0.25) is 0 Å². The summed E-state index contributed by atoms with van der Waals surface area (Å²) in [6.07, 6.45) is 2.46. The number of hydrogen-bond donors (Lipinski definition) is 1. The molecule has 0 radical (unpaired) electrons. The number of morpholine rings is 1. The number of amides is 1. The monoisotopic (exact) mass is 236 g/mol. The van der Waals surface area contributed by atoms with Crippen molar-refractivity contribution in [2.45, 2.75) is 19.4 Å². The summed E-state index contributed by atoms with van der Waals surface area (Å²) < 4.78 is 5.50. The van der Waals surface area contributed by atoms with Gasteiger partial charge in [0.25, 0.3) is 5.91 Å². The second kappa shape index (κ2) is 5.14. The lowest BCUT2D eigenvalue weighted by molar-refractivity contribution is -0.0229. The Morgan fingerprint density at radius 3 is 3.24 bits per heavy atom. The first-order valence-electron chi connectivity index (χ1n) is 5.77. The smallest absolute Gasteiger partial charge is 0.276 e. The van der Waals surface area contributed by atoms with Crippen LogP contribution in [0.3, 0.4) is 0 Å². The maximum Gasteiger partial charge on any atom is 0.276 e. The van der Waals surface area contributed by atoms with Crippen molar-refractivity contribution in [1.29, 1.82) is 0 Å². The molecule has 0 bridgehead atoms. The Morgan fingerprint density at radius 2 is 2.53 bits per heavy atom. The van der Waals surface area contributed by atoms with E-state index < -0.39 is 0 Å². The molecule has 1 aliphatic rings. The highest BCUT2D eigenvalue weighted by Gasteiger charge is 2.26. The quantitative estimate of drug-likeness (QED) is 0.833. The van der Waals surface area contributed by atoms with Crippen molar-refractivity contribution in [2.75, 3.05) is 19.7 Å². The number of aromatic hydroxyl groups is 1. The molecule has 5 heteroatoms. The van der Waals surface area contributed by atoms with E-state index in [1.54, 1.807) is 11.0 Å². The van der Waals surface area contributed by atoms with Crippen LogP contribution in [0.5, 0.6) is 5.75 Å². The SMILES string of the molecule is CCC1CN(C(=O)c2ncccc2O)CCO1. The predicted octanol–water partition coefficient (Wildman–Crippen LogP) is 1.04. The highest BCUT2D eigenvalue weighted by atomic mass is 16.5. The minimum Gasteiger partial charge on any atom is -0.505 e. The summed E-state index contributed by atoms with van der Waals surface area (Å²) in [4.78, 5) is 17.7. The van der Waals surface area contributed by atoms with Gasteiger partial charge in [0.2, 0.25) is 0 Å². The molecule has 1 aliphatic heterocycles. The van der Waals surface area contributed by atoms with E-state index >= 15 is 0 Å². The van der Waals surface area contributed by atoms with E-state index in [0.717, 1.165) is 6.42 Å². The third-order valence-corrected chi connectivity index (χ3v) is 2.87. The molecule has 1 N–H and O–H groups in total. The van der Waals surface area contributed by atoms with Crippen LogP contribution in [-0.2, 0) is 4.74 Å². The van der Waals surface area contributed by atoms with Crippen molar-refractivity contribution in [2.24, 2.45) is 0 Å². The average molecular weight is 236 g/mol. The van der Waals surface area contributed by atoms with Gasteiger partial charge < -0.3 is 14.7 Å². The van der Waals surface area contributed by atoms with Crippen LogP contribution in [0.15, 0.2) is 18.3 Å². The predicted molar refractivity (Wildman–Crippen MR) is 61.8 cm³/mol. The Hall–Kier alpha value is -1.62. The van der Waals surface area contributed by atoms with E-state index in [-0.39, 0.29) is 23.5 Å². The molecule has 0 saturated carbocycles. The summed E-state index contributed by atoms with van der Waals surface area (Å²) in [6.45, 7) is 3.67. The van der Waals surface area contributed by atoms with Crippen LogP contribution in [-0.4, -0.2) is 46.7 Å². The Kier molecular flexibility index (Phi) is 3.58. The van der Waals surface area contributed by atoms with E-state index in [1.165, 1.54) is 12.3 Å². The number of nitrogens with zero attached hydrogens (tertiary/aromatic N) is 2. The van der Waals surface area contributed by atoms with Gasteiger partial charge in [-0.1, -0.05) is 6.92 Å². The molecule has 2 rings (SSSR count). The number of ether oxygens (including phenoxy) is 1. The number of hydrogen-bond acceptors (Lipinski definition) is 4. The summed E-state index contributed by atoms with van der Waals surface area (Å²) in [5, 5.41) is 9.59. The summed E-state index contributed by atoms with van der Waals surface area (Å²) in [5.41, 5.74) is 0.115. The number of pyridine rings is 1. The molecule has 0 aromatic carbocycles. The fraction of sp³-hybridized carbons (Fsp3) is 0.500. The van der Waals surface area contributed by atoms with Crippen molar-refractivity contribution in [3.05, 3.63) is 24.0 Å². The zero-order valence-corrected chi connectivity index (χ0v) is 9.80. The van der Waals surface area contributed by atoms with Crippen LogP contribution < -0.4 is 0 Å². The molecule has 1 aromatic heterocycles. The average Bonchev–Trinajstić information content (AvgIpc) is 2.38. The molecule has 17 heavy (non-hydrogen) atoms. The second-order valence-corrected chi connectivity index (χ2v) is 4.02. The molecule has 1 atom stereocenters. The molecule has 1 amide bonds. The molecular weight excluding hydrogens is 220 g/mol. The van der Waals surface area contributed by atoms with Gasteiger partial charge in [0, 0.05) is 19.3 Å². The number of carbonyl (C=O) groups is 1. The van der Waals surface area contributed by atoms with Crippen molar-refractivity contribution < 1.29 is 14.6 Å². The van der Waals surface area contributed by atoms with Gasteiger partial charge in [0.1, 0.15) is 5.75 Å². The lowest BCUT2D eigenvalue weighted by atomic mass is 10.2. The molecular formula is C12H16N2O3. The van der Waals surface area contributed by atoms with Gasteiger partial charge in [-0.05, 0) is 18.6 Å². The van der Waals surface area contributed by atoms with Crippen LogP contribution in [0.25, 0.3) is 0 Å². The highest BCUT2D eigenvalue weighted by Crippen LogP contribution is 2.17. The summed E-state index contributed by atoms with van der Waals surface area (Å²) in [6, 6.07) is 3.07. The Bertz CT molecular complexity index is 408. The summed E-state index contributed by atoms with van der Waals surface area (Å²) in [7, 11) is 0. The molecule has 1 saturated heterocycles. The molecule has 92 valence electrons.